The van der Waals surface area contributed by atoms with Gasteiger partial charge in [-0.05, 0) is 94.5 Å². The summed E-state index contributed by atoms with van der Waals surface area (Å²) in [7, 11) is 2.11. The van der Waals surface area contributed by atoms with Gasteiger partial charge in [0, 0.05) is 37.0 Å². The molecule has 9 unspecified atom stereocenters. The second-order valence-corrected chi connectivity index (χ2v) is 15.4. The molecule has 4 saturated heterocycles. The molecule has 0 spiro atoms. The predicted molar refractivity (Wildman–Crippen MR) is 154 cm³/mol. The third kappa shape index (κ3) is 5.65. The Hall–Kier alpha value is -0.940. The van der Waals surface area contributed by atoms with Gasteiger partial charge in [-0.1, -0.05) is 25.7 Å². The normalized spacial score (nSPS) is 43.2. The number of rotatable bonds is 6. The number of likely N-dealkylation sites (tertiary alicyclic amines) is 2. The van der Waals surface area contributed by atoms with Crippen molar-refractivity contribution in [2.75, 3.05) is 53.1 Å². The van der Waals surface area contributed by atoms with E-state index in [0.717, 1.165) is 83.5 Å². The standard InChI is InChI=1S/C32H52F3N5O2/c1-38-20-36-37-29(38)14-31(18-42-19-31)24-7-4-8-25(13-24)40-17-27-26(30(40)41)11-21(12-28(27)32(33,34)35)15-39-10-9-22-5-2-3-6-23(22)16-39/h21-29,36-37H,2-20H2,1H3. The van der Waals surface area contributed by atoms with Crippen molar-refractivity contribution in [1.29, 1.82) is 0 Å². The Kier molecular flexibility index (Phi) is 8.34. The third-order valence-electron chi connectivity index (χ3n) is 13.0. The summed E-state index contributed by atoms with van der Waals surface area (Å²) >= 11 is 0. The number of nitrogens with zero attached hydrogens (tertiary/aromatic N) is 3. The number of halogens is 3. The number of fused-ring (bicyclic) bond motifs is 2. The van der Waals surface area contributed by atoms with E-state index < -0.39 is 23.9 Å². The SMILES string of the molecule is CN1CNNC1CC1(C2CCCC(N3CC4C(CC(CN5CCC6CCCCC6C5)CC4C(F)(F)F)C3=O)C2)COC1. The van der Waals surface area contributed by atoms with Gasteiger partial charge in [0.05, 0.1) is 32.0 Å². The second-order valence-electron chi connectivity index (χ2n) is 15.4. The van der Waals surface area contributed by atoms with Crippen molar-refractivity contribution in [2.45, 2.75) is 95.4 Å². The Labute approximate surface area is 249 Å². The van der Waals surface area contributed by atoms with Crippen LogP contribution in [0.25, 0.3) is 0 Å². The van der Waals surface area contributed by atoms with Crippen LogP contribution in [0.2, 0.25) is 0 Å². The molecular weight excluding hydrogens is 543 g/mol. The molecule has 3 saturated carbocycles. The van der Waals surface area contributed by atoms with Crippen molar-refractivity contribution in [3.63, 3.8) is 0 Å². The van der Waals surface area contributed by atoms with E-state index in [1.165, 1.54) is 32.1 Å². The average molecular weight is 596 g/mol. The van der Waals surface area contributed by atoms with Gasteiger partial charge in [0.15, 0.2) is 0 Å². The summed E-state index contributed by atoms with van der Waals surface area (Å²) in [4.78, 5) is 20.7. The molecule has 238 valence electrons. The van der Waals surface area contributed by atoms with Crippen LogP contribution in [0.5, 0.6) is 0 Å². The molecule has 4 aliphatic heterocycles. The molecule has 0 bridgehead atoms. The highest BCUT2D eigenvalue weighted by atomic mass is 19.4. The molecule has 1 amide bonds. The van der Waals surface area contributed by atoms with Gasteiger partial charge in [0.1, 0.15) is 0 Å². The number of carbonyl (C=O) groups is 1. The van der Waals surface area contributed by atoms with Gasteiger partial charge in [0.25, 0.3) is 0 Å². The van der Waals surface area contributed by atoms with Crippen molar-refractivity contribution in [2.24, 2.45) is 46.8 Å². The molecule has 7 aliphatic rings. The lowest BCUT2D eigenvalue weighted by Crippen LogP contribution is -2.56. The zero-order valence-electron chi connectivity index (χ0n) is 25.4. The highest BCUT2D eigenvalue weighted by Crippen LogP contribution is 2.53. The molecule has 2 N–H and O–H groups in total. The number of alkyl halides is 3. The number of carbonyl (C=O) groups excluding carboxylic acids is 1. The summed E-state index contributed by atoms with van der Waals surface area (Å²) in [6.45, 7) is 5.38. The van der Waals surface area contributed by atoms with E-state index in [2.05, 4.69) is 27.7 Å². The van der Waals surface area contributed by atoms with Gasteiger partial charge < -0.3 is 14.5 Å². The summed E-state index contributed by atoms with van der Waals surface area (Å²) in [5, 5.41) is 0. The molecule has 9 atom stereocenters. The van der Waals surface area contributed by atoms with Crippen LogP contribution in [-0.2, 0) is 9.53 Å². The Morgan fingerprint density at radius 1 is 0.976 bits per heavy atom. The maximum absolute atomic E-state index is 14.6. The number of piperidine rings is 1. The van der Waals surface area contributed by atoms with Gasteiger partial charge in [-0.2, -0.15) is 13.2 Å². The van der Waals surface area contributed by atoms with Crippen LogP contribution < -0.4 is 10.9 Å². The highest BCUT2D eigenvalue weighted by Gasteiger charge is 2.58. The molecule has 0 radical (unpaired) electrons. The van der Waals surface area contributed by atoms with E-state index in [1.807, 2.05) is 4.90 Å². The minimum absolute atomic E-state index is 0.0240. The number of hydrogen-bond acceptors (Lipinski definition) is 6. The molecule has 3 aliphatic carbocycles. The van der Waals surface area contributed by atoms with Crippen LogP contribution in [0.15, 0.2) is 0 Å². The van der Waals surface area contributed by atoms with Gasteiger partial charge >= 0.3 is 6.18 Å². The number of hydrazine groups is 1. The van der Waals surface area contributed by atoms with E-state index in [-0.39, 0.29) is 35.9 Å². The lowest BCUT2D eigenvalue weighted by atomic mass is 9.64. The monoisotopic (exact) mass is 595 g/mol. The number of ether oxygens (including phenoxy) is 1. The van der Waals surface area contributed by atoms with E-state index >= 15 is 0 Å². The first kappa shape index (κ1) is 29.8. The topological polar surface area (TPSA) is 60.1 Å². The first-order chi connectivity index (χ1) is 20.2. The van der Waals surface area contributed by atoms with Gasteiger partial charge in [-0.3, -0.25) is 9.69 Å². The summed E-state index contributed by atoms with van der Waals surface area (Å²) in [5.41, 5.74) is 6.70. The molecular formula is C32H52F3N5O2. The zero-order valence-corrected chi connectivity index (χ0v) is 25.4. The molecule has 42 heavy (non-hydrogen) atoms. The lowest BCUT2D eigenvalue weighted by Gasteiger charge is -2.52. The maximum Gasteiger partial charge on any atom is 0.392 e. The van der Waals surface area contributed by atoms with Crippen molar-refractivity contribution < 1.29 is 22.7 Å². The average Bonchev–Trinajstić information content (AvgIpc) is 3.51. The summed E-state index contributed by atoms with van der Waals surface area (Å²) < 4.78 is 49.5. The third-order valence-corrected chi connectivity index (χ3v) is 13.0. The quantitative estimate of drug-likeness (QED) is 0.474. The fraction of sp³-hybridized carbons (Fsp3) is 0.969. The first-order valence-corrected chi connectivity index (χ1v) is 17.1. The number of nitrogens with one attached hydrogen (secondary N) is 2. The molecule has 7 fully saturated rings. The molecule has 10 heteroatoms. The van der Waals surface area contributed by atoms with Crippen LogP contribution >= 0.6 is 0 Å². The van der Waals surface area contributed by atoms with E-state index in [0.29, 0.717) is 18.9 Å². The van der Waals surface area contributed by atoms with Crippen LogP contribution in [0.4, 0.5) is 13.2 Å². The lowest BCUT2D eigenvalue weighted by molar-refractivity contribution is -0.204. The maximum atomic E-state index is 14.6. The molecule has 0 aromatic carbocycles. The van der Waals surface area contributed by atoms with E-state index in [4.69, 9.17) is 4.74 Å². The van der Waals surface area contributed by atoms with E-state index in [1.54, 1.807) is 0 Å². The Balaban J connectivity index is 1.02. The predicted octanol–water partition coefficient (Wildman–Crippen LogP) is 4.45. The first-order valence-electron chi connectivity index (χ1n) is 17.1. The van der Waals surface area contributed by atoms with Gasteiger partial charge in [-0.25, -0.2) is 10.9 Å². The van der Waals surface area contributed by atoms with E-state index in [9.17, 15) is 18.0 Å². The fourth-order valence-corrected chi connectivity index (χ4v) is 10.6. The number of hydrogen-bond donors (Lipinski definition) is 2. The minimum atomic E-state index is -4.25. The minimum Gasteiger partial charge on any atom is -0.380 e. The second kappa shape index (κ2) is 11.8. The molecule has 7 rings (SSSR count). The summed E-state index contributed by atoms with van der Waals surface area (Å²) in [5.74, 6) is -0.453. The van der Waals surface area contributed by atoms with Crippen molar-refractivity contribution in [1.82, 2.24) is 25.6 Å². The zero-order chi connectivity index (χ0) is 29.1. The summed E-state index contributed by atoms with van der Waals surface area (Å²) in [6, 6.07) is 0.0596. The van der Waals surface area contributed by atoms with Crippen LogP contribution in [0.1, 0.15) is 77.0 Å². The largest absolute Gasteiger partial charge is 0.392 e. The van der Waals surface area contributed by atoms with Crippen LogP contribution in [0.3, 0.4) is 0 Å². The van der Waals surface area contributed by atoms with Gasteiger partial charge in [0.2, 0.25) is 5.91 Å². The molecule has 7 nitrogen and oxygen atoms in total. The molecule has 4 heterocycles. The van der Waals surface area contributed by atoms with Crippen molar-refractivity contribution in [3.8, 4) is 0 Å². The van der Waals surface area contributed by atoms with Crippen LogP contribution in [-0.4, -0.2) is 92.1 Å². The Morgan fingerprint density at radius 2 is 1.79 bits per heavy atom. The van der Waals surface area contributed by atoms with Crippen molar-refractivity contribution in [3.05, 3.63) is 0 Å². The number of amides is 1. The fourth-order valence-electron chi connectivity index (χ4n) is 10.6. The Morgan fingerprint density at radius 3 is 2.50 bits per heavy atom. The van der Waals surface area contributed by atoms with Gasteiger partial charge in [-0.15, -0.1) is 0 Å². The van der Waals surface area contributed by atoms with Crippen LogP contribution in [0, 0.1) is 46.8 Å². The Bertz CT molecular complexity index is 978. The van der Waals surface area contributed by atoms with Crippen molar-refractivity contribution >= 4 is 5.91 Å². The smallest absolute Gasteiger partial charge is 0.380 e. The summed E-state index contributed by atoms with van der Waals surface area (Å²) in [6.07, 6.45) is 8.21. The molecule has 0 aromatic rings. The molecule has 0 aromatic heterocycles. The highest BCUT2D eigenvalue weighted by molar-refractivity contribution is 5.82.